The Morgan fingerprint density at radius 2 is 1.80 bits per heavy atom. The number of pyridine rings is 1. The first kappa shape index (κ1) is 12.2. The van der Waals surface area contributed by atoms with E-state index in [9.17, 15) is 9.59 Å². The number of nitrogens with zero attached hydrogens (tertiary/aromatic N) is 2. The van der Waals surface area contributed by atoms with Crippen molar-refractivity contribution in [1.82, 2.24) is 14.8 Å². The molecule has 0 atom stereocenters. The molecule has 3 aromatic rings. The van der Waals surface area contributed by atoms with Crippen molar-refractivity contribution >= 4 is 16.6 Å². The van der Waals surface area contributed by atoms with Crippen molar-refractivity contribution < 1.29 is 0 Å². The van der Waals surface area contributed by atoms with E-state index >= 15 is 0 Å². The lowest BCUT2D eigenvalue weighted by molar-refractivity contribution is 0.621. The Morgan fingerprint density at radius 3 is 2.55 bits per heavy atom. The Hall–Kier alpha value is -2.89. The van der Waals surface area contributed by atoms with Crippen LogP contribution in [0.4, 0.5) is 5.82 Å². The van der Waals surface area contributed by atoms with Gasteiger partial charge in [0.25, 0.3) is 11.1 Å². The summed E-state index contributed by atoms with van der Waals surface area (Å²) in [6, 6.07) is 12.2. The second-order valence-electron chi connectivity index (χ2n) is 4.27. The Kier molecular flexibility index (Phi) is 3.04. The molecular weight excluding hydrogens is 256 g/mol. The van der Waals surface area contributed by atoms with Crippen LogP contribution in [-0.2, 0) is 6.67 Å². The minimum Gasteiger partial charge on any atom is -0.351 e. The van der Waals surface area contributed by atoms with Crippen LogP contribution >= 0.6 is 0 Å². The van der Waals surface area contributed by atoms with Gasteiger partial charge in [0.2, 0.25) is 0 Å². The van der Waals surface area contributed by atoms with E-state index in [1.165, 1.54) is 4.68 Å². The quantitative estimate of drug-likeness (QED) is 0.747. The summed E-state index contributed by atoms with van der Waals surface area (Å²) in [4.78, 5) is 28.2. The largest absolute Gasteiger partial charge is 0.351 e. The van der Waals surface area contributed by atoms with Gasteiger partial charge in [-0.1, -0.05) is 18.2 Å². The number of rotatable bonds is 3. The number of nitrogens with one attached hydrogen (secondary N) is 2. The third-order valence-corrected chi connectivity index (χ3v) is 2.97. The number of hydrogen-bond donors (Lipinski definition) is 2. The zero-order valence-corrected chi connectivity index (χ0v) is 10.5. The summed E-state index contributed by atoms with van der Waals surface area (Å²) in [7, 11) is 0. The van der Waals surface area contributed by atoms with Gasteiger partial charge in [0.1, 0.15) is 12.5 Å². The molecule has 0 saturated heterocycles. The lowest BCUT2D eigenvalue weighted by Crippen LogP contribution is -2.32. The first-order chi connectivity index (χ1) is 9.75. The van der Waals surface area contributed by atoms with E-state index in [4.69, 9.17) is 0 Å². The van der Waals surface area contributed by atoms with Crippen molar-refractivity contribution in [2.75, 3.05) is 5.32 Å². The highest BCUT2D eigenvalue weighted by Crippen LogP contribution is 2.03. The summed E-state index contributed by atoms with van der Waals surface area (Å²) in [6.07, 6.45) is 1.65. The van der Waals surface area contributed by atoms with Crippen LogP contribution in [0.25, 0.3) is 10.8 Å². The number of aromatic nitrogens is 3. The van der Waals surface area contributed by atoms with Crippen molar-refractivity contribution in [3.8, 4) is 0 Å². The minimum absolute atomic E-state index is 0.149. The number of benzene rings is 1. The van der Waals surface area contributed by atoms with E-state index in [1.54, 1.807) is 42.6 Å². The van der Waals surface area contributed by atoms with Crippen molar-refractivity contribution in [3.63, 3.8) is 0 Å². The highest BCUT2D eigenvalue weighted by molar-refractivity contribution is 5.80. The average molecular weight is 268 g/mol. The van der Waals surface area contributed by atoms with Gasteiger partial charge < -0.3 is 5.32 Å². The molecule has 6 heteroatoms. The van der Waals surface area contributed by atoms with Gasteiger partial charge in [-0.3, -0.25) is 14.7 Å². The van der Waals surface area contributed by atoms with Gasteiger partial charge in [0.05, 0.1) is 10.8 Å². The molecule has 100 valence electrons. The van der Waals surface area contributed by atoms with Gasteiger partial charge in [-0.05, 0) is 24.3 Å². The molecule has 0 amide bonds. The van der Waals surface area contributed by atoms with Gasteiger partial charge in [0.15, 0.2) is 0 Å². The maximum Gasteiger partial charge on any atom is 0.274 e. The molecule has 0 fully saturated rings. The fraction of sp³-hybridized carbons (Fsp3) is 0.0714. The molecule has 0 aliphatic heterocycles. The number of fused-ring (bicyclic) bond motifs is 1. The van der Waals surface area contributed by atoms with Gasteiger partial charge in [-0.2, -0.15) is 0 Å². The lowest BCUT2D eigenvalue weighted by atomic mass is 10.2. The van der Waals surface area contributed by atoms with Gasteiger partial charge in [-0.25, -0.2) is 9.67 Å². The van der Waals surface area contributed by atoms with Crippen LogP contribution in [0, 0.1) is 0 Å². The molecule has 2 N–H and O–H groups in total. The van der Waals surface area contributed by atoms with E-state index in [0.29, 0.717) is 16.6 Å². The van der Waals surface area contributed by atoms with E-state index < -0.39 is 0 Å². The second-order valence-corrected chi connectivity index (χ2v) is 4.27. The van der Waals surface area contributed by atoms with Crippen molar-refractivity contribution in [1.29, 1.82) is 0 Å². The van der Waals surface area contributed by atoms with E-state index in [2.05, 4.69) is 15.4 Å². The summed E-state index contributed by atoms with van der Waals surface area (Å²) < 4.78 is 1.24. The summed E-state index contributed by atoms with van der Waals surface area (Å²) >= 11 is 0. The van der Waals surface area contributed by atoms with Crippen molar-refractivity contribution in [2.24, 2.45) is 0 Å². The first-order valence-corrected chi connectivity index (χ1v) is 6.12. The highest BCUT2D eigenvalue weighted by atomic mass is 16.2. The molecule has 0 radical (unpaired) electrons. The predicted octanol–water partition coefficient (Wildman–Crippen LogP) is 1.15. The molecule has 0 aliphatic carbocycles. The zero-order chi connectivity index (χ0) is 13.9. The van der Waals surface area contributed by atoms with Crippen LogP contribution in [0.2, 0.25) is 0 Å². The summed E-state index contributed by atoms with van der Waals surface area (Å²) in [6.45, 7) is 0.149. The first-order valence-electron chi connectivity index (χ1n) is 6.12. The smallest absolute Gasteiger partial charge is 0.274 e. The molecule has 3 rings (SSSR count). The molecule has 0 spiro atoms. The van der Waals surface area contributed by atoms with Crippen LogP contribution in [-0.4, -0.2) is 14.8 Å². The number of anilines is 1. The Labute approximate surface area is 113 Å². The van der Waals surface area contributed by atoms with E-state index in [1.807, 2.05) is 6.07 Å². The molecule has 0 unspecified atom stereocenters. The molecular formula is C14H12N4O2. The minimum atomic E-state index is -0.289. The molecule has 6 nitrogen and oxygen atoms in total. The maximum atomic E-state index is 12.2. The second kappa shape index (κ2) is 5.00. The topological polar surface area (TPSA) is 79.8 Å². The molecule has 0 bridgehead atoms. The number of hydrogen-bond acceptors (Lipinski definition) is 4. The summed E-state index contributed by atoms with van der Waals surface area (Å²) in [5.41, 5.74) is -0.536. The van der Waals surface area contributed by atoms with Crippen molar-refractivity contribution in [3.05, 3.63) is 69.4 Å². The maximum absolute atomic E-state index is 12.2. The average Bonchev–Trinajstić information content (AvgIpc) is 2.50. The Bertz CT molecular complexity index is 852. The van der Waals surface area contributed by atoms with E-state index in [-0.39, 0.29) is 17.8 Å². The molecule has 2 aromatic heterocycles. The van der Waals surface area contributed by atoms with E-state index in [0.717, 1.165) is 0 Å². The Morgan fingerprint density at radius 1 is 1.05 bits per heavy atom. The third kappa shape index (κ3) is 2.18. The fourth-order valence-corrected chi connectivity index (χ4v) is 1.99. The van der Waals surface area contributed by atoms with Gasteiger partial charge >= 0.3 is 0 Å². The molecule has 2 heterocycles. The zero-order valence-electron chi connectivity index (χ0n) is 10.5. The molecule has 20 heavy (non-hydrogen) atoms. The molecule has 0 saturated carbocycles. The molecule has 1 aromatic carbocycles. The monoisotopic (exact) mass is 268 g/mol. The summed E-state index contributed by atoms with van der Waals surface area (Å²) in [5, 5.41) is 6.32. The highest BCUT2D eigenvalue weighted by Gasteiger charge is 2.05. The van der Waals surface area contributed by atoms with Crippen LogP contribution in [0.1, 0.15) is 0 Å². The summed E-state index contributed by atoms with van der Waals surface area (Å²) in [5.74, 6) is 0.633. The SMILES string of the molecule is O=c1[nH]n(CNc2ccccn2)c(=O)c2ccccc12. The van der Waals surface area contributed by atoms with Gasteiger partial charge in [-0.15, -0.1) is 0 Å². The van der Waals surface area contributed by atoms with Crippen LogP contribution < -0.4 is 16.4 Å². The van der Waals surface area contributed by atoms with Gasteiger partial charge in [0, 0.05) is 6.20 Å². The number of aromatic amines is 1. The standard InChI is InChI=1S/C14H12N4O2/c19-13-10-5-1-2-6-11(10)14(20)18(17-13)9-16-12-7-3-4-8-15-12/h1-8H,9H2,(H,15,16)(H,17,19). The lowest BCUT2D eigenvalue weighted by Gasteiger charge is -2.08. The fourth-order valence-electron chi connectivity index (χ4n) is 1.99. The third-order valence-electron chi connectivity index (χ3n) is 2.97. The normalized spacial score (nSPS) is 10.6. The number of H-pyrrole nitrogens is 1. The van der Waals surface area contributed by atoms with Crippen LogP contribution in [0.3, 0.4) is 0 Å². The Balaban J connectivity index is 1.99. The predicted molar refractivity (Wildman–Crippen MR) is 76.7 cm³/mol. The van der Waals surface area contributed by atoms with Crippen molar-refractivity contribution in [2.45, 2.75) is 6.67 Å². The molecule has 0 aliphatic rings. The van der Waals surface area contributed by atoms with Crippen LogP contribution in [0.15, 0.2) is 58.3 Å². The van der Waals surface area contributed by atoms with Crippen LogP contribution in [0.5, 0.6) is 0 Å².